The standard InChI is InChI=1S/C35H37N5O5S/c1-21(41)36-34-38-27(20-46-34)31-30(23-7-3-4-8-23)26-15-12-24(19-28(26)40(31)2)32(44)39-35(17-5-6-18-35)33(45)37-25-13-9-22(10-14-25)11-16-29(42)43/h9-16,19-20,23H,3-8,17-18H2,1-2H3,(H,37,45)(H,39,44)(H,42,43)(H,36,38,41)/b16-11+. The van der Waals surface area contributed by atoms with Gasteiger partial charge in [0.25, 0.3) is 5.91 Å². The van der Waals surface area contributed by atoms with Crippen LogP contribution >= 0.6 is 11.3 Å². The van der Waals surface area contributed by atoms with Gasteiger partial charge in [0.15, 0.2) is 5.13 Å². The molecule has 0 radical (unpaired) electrons. The molecule has 2 aliphatic carbocycles. The van der Waals surface area contributed by atoms with Gasteiger partial charge in [-0.2, -0.15) is 0 Å². The first kappa shape index (κ1) is 31.2. The Morgan fingerprint density at radius 2 is 1.72 bits per heavy atom. The quantitative estimate of drug-likeness (QED) is 0.150. The van der Waals surface area contributed by atoms with Gasteiger partial charge in [-0.15, -0.1) is 11.3 Å². The third-order valence-electron chi connectivity index (χ3n) is 9.13. The predicted molar refractivity (Wildman–Crippen MR) is 180 cm³/mol. The maximum atomic E-state index is 13.8. The number of rotatable bonds is 9. The van der Waals surface area contributed by atoms with E-state index >= 15 is 0 Å². The highest BCUT2D eigenvalue weighted by Gasteiger charge is 2.42. The molecule has 6 rings (SSSR count). The smallest absolute Gasteiger partial charge is 0.328 e. The number of aryl methyl sites for hydroxylation is 1. The van der Waals surface area contributed by atoms with Crippen molar-refractivity contribution >= 4 is 62.8 Å². The van der Waals surface area contributed by atoms with E-state index in [-0.39, 0.29) is 17.7 Å². The second kappa shape index (κ2) is 12.9. The number of fused-ring (bicyclic) bond motifs is 1. The van der Waals surface area contributed by atoms with Crippen LogP contribution in [0.4, 0.5) is 10.8 Å². The van der Waals surface area contributed by atoms with Gasteiger partial charge in [-0.25, -0.2) is 9.78 Å². The number of hydrogen-bond donors (Lipinski definition) is 4. The fraction of sp³-hybridized carbons (Fsp3) is 0.343. The van der Waals surface area contributed by atoms with Gasteiger partial charge < -0.3 is 25.6 Å². The molecule has 2 fully saturated rings. The maximum absolute atomic E-state index is 13.8. The molecule has 4 aromatic rings. The highest BCUT2D eigenvalue weighted by atomic mass is 32.1. The number of carboxylic acid groups (broad SMARTS) is 1. The molecular weight excluding hydrogens is 602 g/mol. The number of aromatic nitrogens is 2. The molecule has 4 N–H and O–H groups in total. The number of benzene rings is 2. The third-order valence-corrected chi connectivity index (χ3v) is 9.88. The molecular formula is C35H37N5O5S. The first-order chi connectivity index (χ1) is 22.1. The van der Waals surface area contributed by atoms with Crippen molar-refractivity contribution < 1.29 is 24.3 Å². The minimum atomic E-state index is -1.04. The average molecular weight is 640 g/mol. The maximum Gasteiger partial charge on any atom is 0.328 e. The van der Waals surface area contributed by atoms with Crippen LogP contribution in [0.3, 0.4) is 0 Å². The number of carboxylic acids is 1. The van der Waals surface area contributed by atoms with E-state index in [9.17, 15) is 19.2 Å². The van der Waals surface area contributed by atoms with Gasteiger partial charge in [-0.05, 0) is 73.1 Å². The Hall–Kier alpha value is -4.77. The number of nitrogens with one attached hydrogen (secondary N) is 3. The van der Waals surface area contributed by atoms with Crippen molar-refractivity contribution in [3.63, 3.8) is 0 Å². The molecule has 0 atom stereocenters. The van der Waals surface area contributed by atoms with Gasteiger partial charge in [0.2, 0.25) is 11.8 Å². The van der Waals surface area contributed by atoms with Crippen LogP contribution in [0, 0.1) is 0 Å². The molecule has 0 unspecified atom stereocenters. The first-order valence-electron chi connectivity index (χ1n) is 15.6. The number of amides is 3. The number of anilines is 2. The van der Waals surface area contributed by atoms with Crippen molar-refractivity contribution in [1.82, 2.24) is 14.9 Å². The molecule has 0 saturated heterocycles. The van der Waals surface area contributed by atoms with E-state index in [1.807, 2.05) is 30.6 Å². The van der Waals surface area contributed by atoms with E-state index in [0.717, 1.165) is 54.1 Å². The third kappa shape index (κ3) is 6.32. The molecule has 0 spiro atoms. The zero-order chi connectivity index (χ0) is 32.4. The summed E-state index contributed by atoms with van der Waals surface area (Å²) < 4.78 is 2.10. The highest BCUT2D eigenvalue weighted by molar-refractivity contribution is 7.14. The molecule has 11 heteroatoms. The summed E-state index contributed by atoms with van der Waals surface area (Å²) in [6.07, 6.45) is 9.79. The monoisotopic (exact) mass is 639 g/mol. The SMILES string of the molecule is CC(=O)Nc1nc(-c2c(C3CCCC3)c3ccc(C(=O)NC4(C(=O)Nc5ccc(/C=C/C(=O)O)cc5)CCCC4)cc3n2C)cs1. The lowest BCUT2D eigenvalue weighted by molar-refractivity contribution is -0.131. The fourth-order valence-corrected chi connectivity index (χ4v) is 7.65. The van der Waals surface area contributed by atoms with Crippen molar-refractivity contribution in [2.75, 3.05) is 10.6 Å². The van der Waals surface area contributed by atoms with E-state index in [1.165, 1.54) is 42.7 Å². The molecule has 2 heterocycles. The average Bonchev–Trinajstić information content (AvgIpc) is 3.84. The fourth-order valence-electron chi connectivity index (χ4n) is 6.91. The second-order valence-electron chi connectivity index (χ2n) is 12.2. The molecule has 2 aliphatic rings. The van der Waals surface area contributed by atoms with Gasteiger partial charge >= 0.3 is 5.97 Å². The van der Waals surface area contributed by atoms with Crippen LogP contribution in [0.25, 0.3) is 28.4 Å². The van der Waals surface area contributed by atoms with Crippen molar-refractivity contribution in [2.24, 2.45) is 7.05 Å². The molecule has 0 bridgehead atoms. The highest BCUT2D eigenvalue weighted by Crippen LogP contribution is 2.45. The van der Waals surface area contributed by atoms with Crippen LogP contribution in [-0.4, -0.2) is 43.9 Å². The van der Waals surface area contributed by atoms with E-state index in [2.05, 4.69) is 20.5 Å². The molecule has 3 amide bonds. The zero-order valence-corrected chi connectivity index (χ0v) is 26.7. The lowest BCUT2D eigenvalue weighted by atomic mass is 9.93. The topological polar surface area (TPSA) is 142 Å². The largest absolute Gasteiger partial charge is 0.478 e. The van der Waals surface area contributed by atoms with E-state index in [4.69, 9.17) is 10.1 Å². The Morgan fingerprint density at radius 1 is 1.00 bits per heavy atom. The van der Waals surface area contributed by atoms with Crippen molar-refractivity contribution in [2.45, 2.75) is 69.7 Å². The molecule has 10 nitrogen and oxygen atoms in total. The summed E-state index contributed by atoms with van der Waals surface area (Å²) in [5.41, 5.74) is 4.66. The van der Waals surface area contributed by atoms with Crippen molar-refractivity contribution in [3.8, 4) is 11.4 Å². The Labute approximate surface area is 270 Å². The van der Waals surface area contributed by atoms with Crippen LogP contribution in [0.2, 0.25) is 0 Å². The van der Waals surface area contributed by atoms with Gasteiger partial charge in [-0.1, -0.05) is 43.9 Å². The Bertz CT molecular complexity index is 1840. The number of nitrogens with zero attached hydrogens (tertiary/aromatic N) is 2. The summed E-state index contributed by atoms with van der Waals surface area (Å²) in [5, 5.41) is 21.3. The normalized spacial score (nSPS) is 16.2. The van der Waals surface area contributed by atoms with Gasteiger partial charge in [0, 0.05) is 47.6 Å². The van der Waals surface area contributed by atoms with E-state index in [0.29, 0.717) is 40.7 Å². The van der Waals surface area contributed by atoms with Crippen molar-refractivity contribution in [1.29, 1.82) is 0 Å². The van der Waals surface area contributed by atoms with E-state index in [1.54, 1.807) is 24.3 Å². The van der Waals surface area contributed by atoms with Crippen molar-refractivity contribution in [3.05, 3.63) is 70.6 Å². The lowest BCUT2D eigenvalue weighted by Gasteiger charge is -2.29. The molecule has 0 aliphatic heterocycles. The molecule has 2 aromatic heterocycles. The number of carbonyl (C=O) groups is 4. The zero-order valence-electron chi connectivity index (χ0n) is 25.9. The van der Waals surface area contributed by atoms with Crippen LogP contribution in [0.5, 0.6) is 0 Å². The summed E-state index contributed by atoms with van der Waals surface area (Å²) in [6, 6.07) is 12.6. The number of carbonyl (C=O) groups excluding carboxylic acids is 3. The minimum absolute atomic E-state index is 0.165. The Morgan fingerprint density at radius 3 is 2.39 bits per heavy atom. The summed E-state index contributed by atoms with van der Waals surface area (Å²) in [5.74, 6) is -1.39. The van der Waals surface area contributed by atoms with Crippen LogP contribution in [0.15, 0.2) is 53.9 Å². The Kier molecular flexibility index (Phi) is 8.77. The van der Waals surface area contributed by atoms with Gasteiger partial charge in [0.05, 0.1) is 5.69 Å². The Balaban J connectivity index is 1.27. The number of hydrogen-bond acceptors (Lipinski definition) is 6. The van der Waals surface area contributed by atoms with Crippen LogP contribution in [-0.2, 0) is 21.4 Å². The summed E-state index contributed by atoms with van der Waals surface area (Å²) in [6.45, 7) is 1.47. The minimum Gasteiger partial charge on any atom is -0.478 e. The predicted octanol–water partition coefficient (Wildman–Crippen LogP) is 6.70. The molecule has 238 valence electrons. The van der Waals surface area contributed by atoms with Crippen LogP contribution in [0.1, 0.15) is 85.7 Å². The first-order valence-corrected chi connectivity index (χ1v) is 16.5. The molecule has 2 aromatic carbocycles. The van der Waals surface area contributed by atoms with E-state index < -0.39 is 11.5 Å². The van der Waals surface area contributed by atoms with Crippen LogP contribution < -0.4 is 16.0 Å². The molecule has 46 heavy (non-hydrogen) atoms. The van der Waals surface area contributed by atoms with Gasteiger partial charge in [-0.3, -0.25) is 14.4 Å². The summed E-state index contributed by atoms with van der Waals surface area (Å²) in [4.78, 5) is 54.6. The molecule has 2 saturated carbocycles. The number of thiazole rings is 1. The second-order valence-corrected chi connectivity index (χ2v) is 13.1. The van der Waals surface area contributed by atoms with Gasteiger partial charge in [0.1, 0.15) is 11.2 Å². The summed E-state index contributed by atoms with van der Waals surface area (Å²) >= 11 is 1.39. The lowest BCUT2D eigenvalue weighted by Crippen LogP contribution is -2.55. The number of aliphatic carboxylic acids is 1. The summed E-state index contributed by atoms with van der Waals surface area (Å²) in [7, 11) is 1.99.